The molecular formula is C10H17NO3S. The van der Waals surface area contributed by atoms with Crippen LogP contribution in [0.2, 0.25) is 0 Å². The predicted octanol–water partition coefficient (Wildman–Crippen LogP) is 0.625. The molecule has 0 bridgehead atoms. The van der Waals surface area contributed by atoms with Crippen molar-refractivity contribution in [1.29, 1.82) is 0 Å². The third-order valence-corrected chi connectivity index (χ3v) is 1.54. The Kier molecular flexibility index (Phi) is 6.12. The molecule has 0 aliphatic carbocycles. The van der Waals surface area contributed by atoms with Crippen LogP contribution in [-0.2, 0) is 23.6 Å². The van der Waals surface area contributed by atoms with Gasteiger partial charge in [-0.05, 0) is 12.5 Å². The number of nitrogens with zero attached hydrogens (tertiary/aromatic N) is 1. The number of pyridine rings is 1. The summed E-state index contributed by atoms with van der Waals surface area (Å²) in [6.07, 6.45) is 7.24. The van der Waals surface area contributed by atoms with Crippen LogP contribution in [0.3, 0.4) is 0 Å². The van der Waals surface area contributed by atoms with Gasteiger partial charge in [0.15, 0.2) is 12.4 Å². The second-order valence-corrected chi connectivity index (χ2v) is 4.74. The van der Waals surface area contributed by atoms with Gasteiger partial charge < -0.3 is 4.55 Å². The molecule has 0 amide bonds. The van der Waals surface area contributed by atoms with Gasteiger partial charge in [0.1, 0.15) is 7.05 Å². The Morgan fingerprint density at radius 1 is 1.47 bits per heavy atom. The molecule has 15 heavy (non-hydrogen) atoms. The summed E-state index contributed by atoms with van der Waals surface area (Å²) in [7, 11) is -1.86. The molecule has 0 saturated heterocycles. The molecule has 4 nitrogen and oxygen atoms in total. The second-order valence-electron chi connectivity index (χ2n) is 3.33. The van der Waals surface area contributed by atoms with Gasteiger partial charge in [0.05, 0.1) is 10.1 Å². The van der Waals surface area contributed by atoms with E-state index < -0.39 is 10.1 Å². The minimum Gasteiger partial charge on any atom is -0.748 e. The summed E-state index contributed by atoms with van der Waals surface area (Å²) in [6, 6.07) is 4.26. The highest BCUT2D eigenvalue weighted by molar-refractivity contribution is 7.84. The summed E-state index contributed by atoms with van der Waals surface area (Å²) in [5, 5.41) is 0. The fraction of sp³-hybridized carbons (Fsp3) is 0.500. The van der Waals surface area contributed by atoms with Crippen LogP contribution in [0.4, 0.5) is 0 Å². The first-order chi connectivity index (χ1) is 6.83. The normalized spacial score (nSPS) is 10.4. The molecule has 0 aromatic carbocycles. The van der Waals surface area contributed by atoms with Crippen LogP contribution in [0.5, 0.6) is 0 Å². The van der Waals surface area contributed by atoms with Crippen molar-refractivity contribution in [2.75, 3.05) is 6.26 Å². The molecule has 5 heteroatoms. The number of hydrogen-bond acceptors (Lipinski definition) is 3. The van der Waals surface area contributed by atoms with E-state index in [1.165, 1.54) is 18.4 Å². The quantitative estimate of drug-likeness (QED) is 0.554. The van der Waals surface area contributed by atoms with Crippen LogP contribution >= 0.6 is 0 Å². The average Bonchev–Trinajstić information content (AvgIpc) is 2.01. The minimum absolute atomic E-state index is 0.604. The van der Waals surface area contributed by atoms with Gasteiger partial charge in [-0.15, -0.1) is 0 Å². The first-order valence-electron chi connectivity index (χ1n) is 4.68. The van der Waals surface area contributed by atoms with Crippen molar-refractivity contribution in [3.05, 3.63) is 30.1 Å². The van der Waals surface area contributed by atoms with Crippen LogP contribution in [0.1, 0.15) is 18.9 Å². The van der Waals surface area contributed by atoms with Gasteiger partial charge >= 0.3 is 0 Å². The van der Waals surface area contributed by atoms with E-state index in [1.807, 2.05) is 0 Å². The molecule has 1 heterocycles. The van der Waals surface area contributed by atoms with E-state index in [1.54, 1.807) is 0 Å². The van der Waals surface area contributed by atoms with Crippen molar-refractivity contribution >= 4 is 10.1 Å². The molecule has 0 N–H and O–H groups in total. The Hall–Kier alpha value is -0.940. The fourth-order valence-electron chi connectivity index (χ4n) is 1.09. The molecule has 1 aromatic rings. The first kappa shape index (κ1) is 14.1. The zero-order valence-electron chi connectivity index (χ0n) is 9.30. The van der Waals surface area contributed by atoms with E-state index in [4.69, 9.17) is 13.0 Å². The summed E-state index contributed by atoms with van der Waals surface area (Å²) in [5.74, 6) is 0. The fourth-order valence-corrected chi connectivity index (χ4v) is 1.09. The van der Waals surface area contributed by atoms with Gasteiger partial charge in [-0.25, -0.2) is 13.0 Å². The molecule has 0 atom stereocenters. The number of hydrogen-bond donors (Lipinski definition) is 0. The van der Waals surface area contributed by atoms with Crippen molar-refractivity contribution in [2.45, 2.75) is 19.8 Å². The maximum absolute atomic E-state index is 9.08. The number of aromatic nitrogens is 1. The lowest BCUT2D eigenvalue weighted by atomic mass is 10.2. The lowest BCUT2D eigenvalue weighted by molar-refractivity contribution is -0.671. The zero-order chi connectivity index (χ0) is 11.9. The highest BCUT2D eigenvalue weighted by Crippen LogP contribution is 1.97. The van der Waals surface area contributed by atoms with Crippen LogP contribution in [-0.4, -0.2) is 19.2 Å². The summed E-state index contributed by atoms with van der Waals surface area (Å²) in [5.41, 5.74) is 1.42. The van der Waals surface area contributed by atoms with Gasteiger partial charge in [-0.2, -0.15) is 0 Å². The van der Waals surface area contributed by atoms with Crippen LogP contribution in [0.25, 0.3) is 0 Å². The Morgan fingerprint density at radius 2 is 2.00 bits per heavy atom. The first-order valence-corrected chi connectivity index (χ1v) is 6.49. The maximum Gasteiger partial charge on any atom is 0.171 e. The van der Waals surface area contributed by atoms with Gasteiger partial charge in [-0.3, -0.25) is 0 Å². The van der Waals surface area contributed by atoms with E-state index in [9.17, 15) is 0 Å². The lowest BCUT2D eigenvalue weighted by Crippen LogP contribution is -2.26. The molecule has 0 saturated carbocycles. The molecule has 1 rings (SSSR count). The van der Waals surface area contributed by atoms with Gasteiger partial charge in [-0.1, -0.05) is 13.3 Å². The second kappa shape index (κ2) is 6.53. The van der Waals surface area contributed by atoms with Crippen molar-refractivity contribution < 1.29 is 17.5 Å². The molecule has 0 radical (unpaired) electrons. The van der Waals surface area contributed by atoms with Crippen molar-refractivity contribution in [2.24, 2.45) is 7.05 Å². The number of rotatable bonds is 2. The van der Waals surface area contributed by atoms with E-state index in [2.05, 4.69) is 43.1 Å². The van der Waals surface area contributed by atoms with Crippen LogP contribution in [0.15, 0.2) is 24.5 Å². The molecular weight excluding hydrogens is 214 g/mol. The molecule has 1 aromatic heterocycles. The SMILES string of the molecule is CCCc1ccc[n+](C)c1.CS(=O)(=O)[O-]. The Labute approximate surface area is 91.3 Å². The molecule has 86 valence electrons. The van der Waals surface area contributed by atoms with Crippen molar-refractivity contribution in [3.63, 3.8) is 0 Å². The highest BCUT2D eigenvalue weighted by atomic mass is 32.2. The summed E-state index contributed by atoms with van der Waals surface area (Å²) >= 11 is 0. The van der Waals surface area contributed by atoms with E-state index >= 15 is 0 Å². The van der Waals surface area contributed by atoms with E-state index in [0.717, 1.165) is 0 Å². The van der Waals surface area contributed by atoms with E-state index in [0.29, 0.717) is 6.26 Å². The maximum atomic E-state index is 9.08. The largest absolute Gasteiger partial charge is 0.748 e. The Bertz CT molecular complexity index is 379. The minimum atomic E-state index is -3.92. The Morgan fingerprint density at radius 3 is 2.40 bits per heavy atom. The molecule has 0 aliphatic heterocycles. The Balaban J connectivity index is 0.000000336. The van der Waals surface area contributed by atoms with Crippen LogP contribution in [0, 0.1) is 0 Å². The molecule has 0 fully saturated rings. The molecule has 0 spiro atoms. The third kappa shape index (κ3) is 11.0. The zero-order valence-corrected chi connectivity index (χ0v) is 10.1. The summed E-state index contributed by atoms with van der Waals surface area (Å²) in [4.78, 5) is 0. The summed E-state index contributed by atoms with van der Waals surface area (Å²) in [6.45, 7) is 2.20. The topological polar surface area (TPSA) is 61.1 Å². The van der Waals surface area contributed by atoms with Gasteiger partial charge in [0.25, 0.3) is 0 Å². The van der Waals surface area contributed by atoms with E-state index in [-0.39, 0.29) is 0 Å². The third-order valence-electron chi connectivity index (χ3n) is 1.54. The van der Waals surface area contributed by atoms with Crippen molar-refractivity contribution in [1.82, 2.24) is 0 Å². The monoisotopic (exact) mass is 231 g/mol. The molecule has 0 unspecified atom stereocenters. The smallest absolute Gasteiger partial charge is 0.171 e. The average molecular weight is 231 g/mol. The standard InChI is InChI=1S/C9H14N.CH4O3S/c1-3-5-9-6-4-7-10(2)8-9;1-5(2,3)4/h4,6-8H,3,5H2,1-2H3;1H3,(H,2,3,4)/q+1;/p-1. The predicted molar refractivity (Wildman–Crippen MR) is 57.2 cm³/mol. The lowest BCUT2D eigenvalue weighted by Gasteiger charge is -1.93. The highest BCUT2D eigenvalue weighted by Gasteiger charge is 1.94. The van der Waals surface area contributed by atoms with Gasteiger partial charge in [0.2, 0.25) is 0 Å². The number of aryl methyl sites for hydroxylation is 2. The summed E-state index contributed by atoms with van der Waals surface area (Å²) < 4.78 is 29.3. The molecule has 0 aliphatic rings. The van der Waals surface area contributed by atoms with Gasteiger partial charge in [0, 0.05) is 17.9 Å². The van der Waals surface area contributed by atoms with Crippen molar-refractivity contribution in [3.8, 4) is 0 Å². The van der Waals surface area contributed by atoms with Crippen LogP contribution < -0.4 is 4.57 Å².